The molecule has 3 aromatic rings. The average Bonchev–Trinajstić information content (AvgIpc) is 2.79. The van der Waals surface area contributed by atoms with Crippen molar-refractivity contribution in [1.29, 1.82) is 0 Å². The molecule has 1 N–H and O–H groups in total. The SMILES string of the molecule is O=C1NC(=O)N(c2ccc(F)cc2)C(=O)/C1=C/c1cc(Br)c(OCc2ccc(Cl)c(Cl)c2)c(I)c1. The lowest BCUT2D eigenvalue weighted by Gasteiger charge is -2.26. The molecule has 178 valence electrons. The molecule has 1 aliphatic rings. The molecule has 3 aromatic carbocycles. The van der Waals surface area contributed by atoms with E-state index in [1.54, 1.807) is 30.3 Å². The maximum absolute atomic E-state index is 13.3. The lowest BCUT2D eigenvalue weighted by molar-refractivity contribution is -0.122. The molecule has 11 heteroatoms. The zero-order valence-corrected chi connectivity index (χ0v) is 22.7. The number of hydrogen-bond donors (Lipinski definition) is 1. The number of halogens is 5. The summed E-state index contributed by atoms with van der Waals surface area (Å²) in [4.78, 5) is 38.5. The molecular weight excluding hydrogens is 677 g/mol. The lowest BCUT2D eigenvalue weighted by Crippen LogP contribution is -2.54. The standard InChI is InChI=1S/C24H13BrCl2FIN2O4/c25-17-8-13(10-20(29)21(17)35-11-12-1-6-18(26)19(27)9-12)7-16-22(32)30-24(34)31(23(16)33)15-4-2-14(28)3-5-15/h1-10H,11H2,(H,30,32,34)/b16-7+. The minimum Gasteiger partial charge on any atom is -0.487 e. The Balaban J connectivity index is 1.59. The molecule has 35 heavy (non-hydrogen) atoms. The summed E-state index contributed by atoms with van der Waals surface area (Å²) in [7, 11) is 0. The zero-order chi connectivity index (χ0) is 25.3. The normalized spacial score (nSPS) is 14.9. The van der Waals surface area contributed by atoms with Gasteiger partial charge in [-0.15, -0.1) is 0 Å². The number of amides is 4. The number of carbonyl (C=O) groups excluding carboxylic acids is 3. The third-order valence-electron chi connectivity index (χ3n) is 4.89. The summed E-state index contributed by atoms with van der Waals surface area (Å²) in [6.45, 7) is 0.238. The number of urea groups is 1. The van der Waals surface area contributed by atoms with Crippen molar-refractivity contribution < 1.29 is 23.5 Å². The summed E-state index contributed by atoms with van der Waals surface area (Å²) in [5.41, 5.74) is 1.23. The van der Waals surface area contributed by atoms with Gasteiger partial charge in [0, 0.05) is 0 Å². The van der Waals surface area contributed by atoms with Crippen LogP contribution in [0.25, 0.3) is 6.08 Å². The van der Waals surface area contributed by atoms with Gasteiger partial charge in [0.25, 0.3) is 11.8 Å². The minimum absolute atomic E-state index is 0.133. The fourth-order valence-electron chi connectivity index (χ4n) is 3.23. The van der Waals surface area contributed by atoms with E-state index < -0.39 is 23.7 Å². The summed E-state index contributed by atoms with van der Waals surface area (Å²) in [5, 5.41) is 3.01. The van der Waals surface area contributed by atoms with Crippen LogP contribution in [0.3, 0.4) is 0 Å². The molecule has 4 rings (SSSR count). The predicted octanol–water partition coefficient (Wildman–Crippen LogP) is 6.75. The molecule has 0 unspecified atom stereocenters. The van der Waals surface area contributed by atoms with E-state index in [-0.39, 0.29) is 17.9 Å². The van der Waals surface area contributed by atoms with Crippen LogP contribution in [-0.4, -0.2) is 17.8 Å². The van der Waals surface area contributed by atoms with Crippen molar-refractivity contribution in [1.82, 2.24) is 5.32 Å². The Labute approximate surface area is 231 Å². The van der Waals surface area contributed by atoms with E-state index in [2.05, 4.69) is 43.8 Å². The van der Waals surface area contributed by atoms with Crippen molar-refractivity contribution in [3.63, 3.8) is 0 Å². The van der Waals surface area contributed by atoms with E-state index in [1.807, 2.05) is 0 Å². The van der Waals surface area contributed by atoms with Gasteiger partial charge in [0.05, 0.1) is 23.8 Å². The summed E-state index contributed by atoms with van der Waals surface area (Å²) >= 11 is 17.5. The summed E-state index contributed by atoms with van der Waals surface area (Å²) in [6, 6.07) is 12.5. The van der Waals surface area contributed by atoms with Crippen molar-refractivity contribution >= 4 is 91.3 Å². The van der Waals surface area contributed by atoms with E-state index >= 15 is 0 Å². The number of benzene rings is 3. The minimum atomic E-state index is -0.912. The van der Waals surface area contributed by atoms with Crippen LogP contribution in [0.4, 0.5) is 14.9 Å². The average molecular weight is 690 g/mol. The maximum Gasteiger partial charge on any atom is 0.335 e. The molecule has 1 saturated heterocycles. The number of anilines is 1. The van der Waals surface area contributed by atoms with E-state index in [9.17, 15) is 18.8 Å². The molecular formula is C24H13BrCl2FIN2O4. The van der Waals surface area contributed by atoms with Gasteiger partial charge in [-0.25, -0.2) is 14.1 Å². The van der Waals surface area contributed by atoms with Crippen LogP contribution in [0.2, 0.25) is 10.0 Å². The number of rotatable bonds is 5. The molecule has 0 aliphatic carbocycles. The van der Waals surface area contributed by atoms with Crippen LogP contribution in [-0.2, 0) is 16.2 Å². The van der Waals surface area contributed by atoms with Crippen LogP contribution in [0.5, 0.6) is 5.75 Å². The van der Waals surface area contributed by atoms with Crippen LogP contribution in [0.15, 0.2) is 64.6 Å². The molecule has 0 saturated carbocycles. The quantitative estimate of drug-likeness (QED) is 0.183. The first-order valence-electron chi connectivity index (χ1n) is 9.87. The second-order valence-corrected chi connectivity index (χ2v) is 10.1. The van der Waals surface area contributed by atoms with Crippen molar-refractivity contribution in [2.75, 3.05) is 4.90 Å². The Morgan fingerprint density at radius 3 is 2.40 bits per heavy atom. The molecule has 4 amide bonds. The number of barbiturate groups is 1. The number of carbonyl (C=O) groups is 3. The number of ether oxygens (including phenoxy) is 1. The van der Waals surface area contributed by atoms with Gasteiger partial charge < -0.3 is 4.74 Å². The molecule has 0 bridgehead atoms. The van der Waals surface area contributed by atoms with Gasteiger partial charge in [0.15, 0.2) is 0 Å². The fraction of sp³-hybridized carbons (Fsp3) is 0.0417. The highest BCUT2D eigenvalue weighted by atomic mass is 127. The van der Waals surface area contributed by atoms with Gasteiger partial charge >= 0.3 is 6.03 Å². The van der Waals surface area contributed by atoms with E-state index in [0.717, 1.165) is 22.6 Å². The maximum atomic E-state index is 13.3. The Morgan fingerprint density at radius 2 is 1.74 bits per heavy atom. The van der Waals surface area contributed by atoms with Gasteiger partial charge in [-0.1, -0.05) is 29.3 Å². The second kappa shape index (κ2) is 10.7. The van der Waals surface area contributed by atoms with Gasteiger partial charge in [-0.2, -0.15) is 0 Å². The fourth-order valence-corrected chi connectivity index (χ4v) is 5.32. The number of hydrogen-bond acceptors (Lipinski definition) is 4. The summed E-state index contributed by atoms with van der Waals surface area (Å²) in [6.07, 6.45) is 1.37. The third-order valence-corrected chi connectivity index (χ3v) is 7.01. The first-order valence-corrected chi connectivity index (χ1v) is 12.5. The Morgan fingerprint density at radius 1 is 1.03 bits per heavy atom. The molecule has 1 heterocycles. The Hall–Kier alpha value is -2.47. The van der Waals surface area contributed by atoms with Gasteiger partial charge in [-0.3, -0.25) is 14.9 Å². The number of nitrogens with zero attached hydrogens (tertiary/aromatic N) is 1. The topological polar surface area (TPSA) is 75.7 Å². The second-order valence-electron chi connectivity index (χ2n) is 7.29. The van der Waals surface area contributed by atoms with Crippen molar-refractivity contribution in [3.8, 4) is 5.75 Å². The molecule has 6 nitrogen and oxygen atoms in total. The zero-order valence-electron chi connectivity index (χ0n) is 17.5. The summed E-state index contributed by atoms with van der Waals surface area (Å²) in [5.74, 6) is -1.62. The smallest absolute Gasteiger partial charge is 0.335 e. The van der Waals surface area contributed by atoms with E-state index in [1.165, 1.54) is 18.2 Å². The molecule has 1 aliphatic heterocycles. The predicted molar refractivity (Wildman–Crippen MR) is 143 cm³/mol. The highest BCUT2D eigenvalue weighted by molar-refractivity contribution is 14.1. The molecule has 1 fully saturated rings. The molecule has 0 spiro atoms. The van der Waals surface area contributed by atoms with Crippen LogP contribution >= 0.6 is 61.7 Å². The third kappa shape index (κ3) is 5.69. The number of imide groups is 2. The lowest BCUT2D eigenvalue weighted by atomic mass is 10.1. The highest BCUT2D eigenvalue weighted by Crippen LogP contribution is 2.34. The summed E-state index contributed by atoms with van der Waals surface area (Å²) < 4.78 is 20.5. The number of nitrogens with one attached hydrogen (secondary N) is 1. The van der Waals surface area contributed by atoms with Gasteiger partial charge in [-0.05, 0) is 104 Å². The largest absolute Gasteiger partial charge is 0.487 e. The van der Waals surface area contributed by atoms with Crippen molar-refractivity contribution in [3.05, 3.63) is 95.2 Å². The van der Waals surface area contributed by atoms with Gasteiger partial charge in [0.2, 0.25) is 0 Å². The highest BCUT2D eigenvalue weighted by Gasteiger charge is 2.36. The van der Waals surface area contributed by atoms with Gasteiger partial charge in [0.1, 0.15) is 23.7 Å². The molecule has 0 aromatic heterocycles. The molecule has 0 atom stereocenters. The van der Waals surface area contributed by atoms with Crippen molar-refractivity contribution in [2.24, 2.45) is 0 Å². The van der Waals surface area contributed by atoms with Crippen molar-refractivity contribution in [2.45, 2.75) is 6.61 Å². The monoisotopic (exact) mass is 688 g/mol. The van der Waals surface area contributed by atoms with Crippen LogP contribution < -0.4 is 15.0 Å². The molecule has 0 radical (unpaired) electrons. The Bertz CT molecular complexity index is 1380. The Kier molecular flexibility index (Phi) is 7.80. The van der Waals surface area contributed by atoms with Crippen LogP contribution in [0.1, 0.15) is 11.1 Å². The van der Waals surface area contributed by atoms with Crippen LogP contribution in [0, 0.1) is 9.39 Å². The first kappa shape index (κ1) is 25.6. The first-order chi connectivity index (χ1) is 16.6. The van der Waals surface area contributed by atoms with E-state index in [4.69, 9.17) is 27.9 Å². The van der Waals surface area contributed by atoms with E-state index in [0.29, 0.717) is 29.4 Å².